The third-order valence-corrected chi connectivity index (χ3v) is 8.10. The van der Waals surface area contributed by atoms with Crippen LogP contribution in [-0.4, -0.2) is 27.0 Å². The Morgan fingerprint density at radius 1 is 1.29 bits per heavy atom. The normalized spacial score (nSPS) is 14.1. The molecule has 11 heteroatoms. The van der Waals surface area contributed by atoms with E-state index in [0.29, 0.717) is 29.2 Å². The first-order valence-corrected chi connectivity index (χ1v) is 12.8. The zero-order valence-electron chi connectivity index (χ0n) is 19.6. The van der Waals surface area contributed by atoms with Gasteiger partial charge in [-0.1, -0.05) is 33.6 Å². The van der Waals surface area contributed by atoms with E-state index in [0.717, 1.165) is 10.0 Å². The summed E-state index contributed by atoms with van der Waals surface area (Å²) in [4.78, 5) is 11.2. The molecule has 0 aromatic heterocycles. The third kappa shape index (κ3) is 7.15. The van der Waals surface area contributed by atoms with Gasteiger partial charge in [-0.05, 0) is 58.2 Å². The van der Waals surface area contributed by atoms with Crippen molar-refractivity contribution in [1.82, 2.24) is 4.72 Å². The summed E-state index contributed by atoms with van der Waals surface area (Å²) in [7, 11) is 0.0560. The third-order valence-electron chi connectivity index (χ3n) is 5.10. The quantitative estimate of drug-likeness (QED) is 0.259. The summed E-state index contributed by atoms with van der Waals surface area (Å²) < 4.78 is 20.9. The zero-order valence-corrected chi connectivity index (χ0v) is 22.8. The second kappa shape index (κ2) is 12.0. The number of rotatable bonds is 10. The number of aryl methyl sites for hydroxylation is 1. The number of nitro groups is 1. The molecular formula is C23H28BrClN4O4S. The van der Waals surface area contributed by atoms with Gasteiger partial charge in [0.1, 0.15) is 17.5 Å². The van der Waals surface area contributed by atoms with Crippen molar-refractivity contribution in [3.05, 3.63) is 61.1 Å². The van der Waals surface area contributed by atoms with Crippen molar-refractivity contribution in [2.24, 2.45) is 0 Å². The first-order valence-electron chi connectivity index (χ1n) is 10.5. The summed E-state index contributed by atoms with van der Waals surface area (Å²) >= 11 is 10.2. The maximum absolute atomic E-state index is 12.5. The molecule has 0 amide bonds. The van der Waals surface area contributed by atoms with Gasteiger partial charge in [0, 0.05) is 27.2 Å². The molecule has 34 heavy (non-hydrogen) atoms. The molecule has 2 N–H and O–H groups in total. The fourth-order valence-corrected chi connectivity index (χ4v) is 4.99. The number of nitriles is 1. The first-order chi connectivity index (χ1) is 15.9. The molecule has 0 bridgehead atoms. The van der Waals surface area contributed by atoms with Gasteiger partial charge in [-0.15, -0.1) is 0 Å². The van der Waals surface area contributed by atoms with E-state index in [4.69, 9.17) is 16.3 Å². The van der Waals surface area contributed by atoms with Crippen molar-refractivity contribution in [3.63, 3.8) is 0 Å². The average molecular weight is 572 g/mol. The van der Waals surface area contributed by atoms with Gasteiger partial charge >= 0.3 is 0 Å². The Morgan fingerprint density at radius 3 is 2.53 bits per heavy atom. The lowest BCUT2D eigenvalue weighted by atomic mass is 9.97. The summed E-state index contributed by atoms with van der Waals surface area (Å²) in [5.74, 6) is 0.457. The van der Waals surface area contributed by atoms with Crippen LogP contribution in [0.25, 0.3) is 0 Å². The second-order valence-electron chi connectivity index (χ2n) is 8.69. The Bertz CT molecular complexity index is 1120. The molecule has 2 rings (SSSR count). The van der Waals surface area contributed by atoms with Gasteiger partial charge in [0.15, 0.2) is 0 Å². The molecule has 0 spiro atoms. The van der Waals surface area contributed by atoms with Crippen LogP contribution in [-0.2, 0) is 11.0 Å². The molecule has 2 aromatic rings. The van der Waals surface area contributed by atoms with Crippen molar-refractivity contribution >= 4 is 49.9 Å². The monoisotopic (exact) mass is 570 g/mol. The van der Waals surface area contributed by atoms with E-state index in [9.17, 15) is 19.6 Å². The van der Waals surface area contributed by atoms with E-state index in [-0.39, 0.29) is 11.4 Å². The van der Waals surface area contributed by atoms with E-state index in [2.05, 4.69) is 32.0 Å². The van der Waals surface area contributed by atoms with E-state index >= 15 is 0 Å². The summed E-state index contributed by atoms with van der Waals surface area (Å²) in [5, 5.41) is 25.0. The standard InChI is InChI=1S/C23H28BrClN4O4S/c1-14-6-9-17(25)21(22(14)24)18(10-7-15(13-26)28-34(32)23(2,3)4)27-19-12-16(33-5)8-11-20(19)29(30)31/h6,8-9,11-12,15,18,27-28H,7,10H2,1-5H3/t15?,18-,34?/m1/s1. The van der Waals surface area contributed by atoms with Crippen LogP contribution in [0.2, 0.25) is 5.02 Å². The smallest absolute Gasteiger partial charge is 0.292 e. The Morgan fingerprint density at radius 2 is 1.97 bits per heavy atom. The lowest BCUT2D eigenvalue weighted by Crippen LogP contribution is -2.39. The number of anilines is 1. The number of ether oxygens (including phenoxy) is 1. The number of halogens is 2. The molecule has 2 aromatic carbocycles. The van der Waals surface area contributed by atoms with E-state index in [1.165, 1.54) is 19.2 Å². The number of methoxy groups -OCH3 is 1. The Hall–Kier alpha value is -2.19. The molecule has 0 saturated heterocycles. The highest BCUT2D eigenvalue weighted by Crippen LogP contribution is 2.39. The van der Waals surface area contributed by atoms with Gasteiger partial charge in [0.2, 0.25) is 0 Å². The van der Waals surface area contributed by atoms with Crippen LogP contribution in [0.15, 0.2) is 34.8 Å². The van der Waals surface area contributed by atoms with Crippen LogP contribution in [0.1, 0.15) is 50.8 Å². The largest absolute Gasteiger partial charge is 0.497 e. The van der Waals surface area contributed by atoms with Crippen LogP contribution >= 0.6 is 27.5 Å². The summed E-state index contributed by atoms with van der Waals surface area (Å²) in [6.45, 7) is 7.38. The van der Waals surface area contributed by atoms with Gasteiger partial charge in [-0.25, -0.2) is 8.93 Å². The van der Waals surface area contributed by atoms with Crippen LogP contribution in [0.5, 0.6) is 5.75 Å². The number of nitro benzene ring substituents is 1. The number of hydrogen-bond acceptors (Lipinski definition) is 6. The molecular weight excluding hydrogens is 544 g/mol. The van der Waals surface area contributed by atoms with Crippen LogP contribution in [0, 0.1) is 28.4 Å². The van der Waals surface area contributed by atoms with Gasteiger partial charge in [0.25, 0.3) is 5.69 Å². The molecule has 0 heterocycles. The van der Waals surface area contributed by atoms with Gasteiger partial charge < -0.3 is 10.1 Å². The number of benzene rings is 2. The SMILES string of the molecule is COc1ccc([N+](=O)[O-])c(N[C@H](CCC(C#N)NS(=O)C(C)(C)C)c2c(Cl)ccc(C)c2Br)c1. The first kappa shape index (κ1) is 28.1. The minimum absolute atomic E-state index is 0.116. The summed E-state index contributed by atoms with van der Waals surface area (Å²) in [5.41, 5.74) is 1.80. The van der Waals surface area contributed by atoms with E-state index in [1.807, 2.05) is 33.8 Å². The molecule has 2 unspecified atom stereocenters. The molecule has 184 valence electrons. The van der Waals surface area contributed by atoms with Gasteiger partial charge in [-0.3, -0.25) is 10.1 Å². The minimum atomic E-state index is -1.43. The highest BCUT2D eigenvalue weighted by atomic mass is 79.9. The molecule has 0 fully saturated rings. The molecule has 0 aliphatic carbocycles. The summed E-state index contributed by atoms with van der Waals surface area (Å²) in [6, 6.07) is 9.06. The van der Waals surface area contributed by atoms with Crippen LogP contribution < -0.4 is 14.8 Å². The predicted octanol–water partition coefficient (Wildman–Crippen LogP) is 6.21. The highest BCUT2D eigenvalue weighted by Gasteiger charge is 2.27. The lowest BCUT2D eigenvalue weighted by molar-refractivity contribution is -0.384. The van der Waals surface area contributed by atoms with Crippen molar-refractivity contribution in [2.75, 3.05) is 12.4 Å². The Kier molecular flexibility index (Phi) is 9.88. The van der Waals surface area contributed by atoms with Crippen molar-refractivity contribution in [1.29, 1.82) is 5.26 Å². The van der Waals surface area contributed by atoms with Gasteiger partial charge in [0.05, 0.1) is 39.9 Å². The molecule has 0 aliphatic heterocycles. The molecule has 0 saturated carbocycles. The van der Waals surface area contributed by atoms with E-state index < -0.39 is 32.7 Å². The van der Waals surface area contributed by atoms with Gasteiger partial charge in [-0.2, -0.15) is 5.26 Å². The van der Waals surface area contributed by atoms with Crippen LogP contribution in [0.4, 0.5) is 11.4 Å². The minimum Gasteiger partial charge on any atom is -0.497 e. The Labute approximate surface area is 215 Å². The van der Waals surface area contributed by atoms with E-state index in [1.54, 1.807) is 12.1 Å². The molecule has 0 radical (unpaired) electrons. The maximum Gasteiger partial charge on any atom is 0.292 e. The fraction of sp³-hybridized carbons (Fsp3) is 0.435. The number of nitrogens with zero attached hydrogens (tertiary/aromatic N) is 2. The summed E-state index contributed by atoms with van der Waals surface area (Å²) in [6.07, 6.45) is 0.702. The predicted molar refractivity (Wildman–Crippen MR) is 140 cm³/mol. The average Bonchev–Trinajstić information content (AvgIpc) is 2.77. The number of nitrogens with one attached hydrogen (secondary N) is 2. The fourth-order valence-electron chi connectivity index (χ4n) is 3.18. The lowest BCUT2D eigenvalue weighted by Gasteiger charge is -2.25. The second-order valence-corrected chi connectivity index (χ2v) is 11.9. The highest BCUT2D eigenvalue weighted by molar-refractivity contribution is 9.10. The topological polar surface area (TPSA) is 117 Å². The maximum atomic E-state index is 12.5. The van der Waals surface area contributed by atoms with Crippen molar-refractivity contribution in [2.45, 2.75) is 57.4 Å². The molecule has 0 aliphatic rings. The van der Waals surface area contributed by atoms with Crippen molar-refractivity contribution in [3.8, 4) is 11.8 Å². The Balaban J connectivity index is 2.45. The molecule has 3 atom stereocenters. The van der Waals surface area contributed by atoms with Crippen LogP contribution in [0.3, 0.4) is 0 Å². The van der Waals surface area contributed by atoms with Crippen molar-refractivity contribution < 1.29 is 13.9 Å². The molecule has 8 nitrogen and oxygen atoms in total. The zero-order chi connectivity index (χ0) is 25.6. The number of hydrogen-bond donors (Lipinski definition) is 2.